The summed E-state index contributed by atoms with van der Waals surface area (Å²) in [5, 5.41) is 6.74. The maximum atomic E-state index is 13.0. The first-order valence-corrected chi connectivity index (χ1v) is 9.80. The van der Waals surface area contributed by atoms with Gasteiger partial charge in [-0.1, -0.05) is 6.07 Å². The van der Waals surface area contributed by atoms with Gasteiger partial charge in [0.05, 0.1) is 11.8 Å². The fourth-order valence-electron chi connectivity index (χ4n) is 3.50. The number of aromatic nitrogens is 1. The molecule has 5 rings (SSSR count). The zero-order chi connectivity index (χ0) is 18.4. The Morgan fingerprint density at radius 2 is 2.11 bits per heavy atom. The Hall–Kier alpha value is -2.93. The van der Waals surface area contributed by atoms with Gasteiger partial charge in [0.15, 0.2) is 12.2 Å². The topological polar surface area (TPSA) is 75.4 Å². The summed E-state index contributed by atoms with van der Waals surface area (Å²) in [5.41, 5.74) is 3.22. The molecule has 1 aromatic carbocycles. The second kappa shape index (κ2) is 6.35. The van der Waals surface area contributed by atoms with Crippen molar-refractivity contribution in [3.63, 3.8) is 0 Å². The van der Waals surface area contributed by atoms with E-state index in [2.05, 4.69) is 10.3 Å². The van der Waals surface area contributed by atoms with Gasteiger partial charge < -0.3 is 14.6 Å². The summed E-state index contributed by atoms with van der Waals surface area (Å²) >= 11 is 1.49. The van der Waals surface area contributed by atoms with Gasteiger partial charge >= 0.3 is 0 Å². The number of hydrogen-bond acceptors (Lipinski definition) is 5. The number of nitrogens with one attached hydrogen (secondary N) is 1. The van der Waals surface area contributed by atoms with Crippen LogP contribution in [-0.2, 0) is 6.54 Å². The number of carbonyl (C=O) groups excluding carboxylic acids is 2. The molecule has 0 radical (unpaired) electrons. The van der Waals surface area contributed by atoms with Gasteiger partial charge in [0.25, 0.3) is 11.8 Å². The molecule has 0 bridgehead atoms. The minimum atomic E-state index is -0.338. The minimum absolute atomic E-state index is 0.0564. The third-order valence-electron chi connectivity index (χ3n) is 5.01. The smallest absolute Gasteiger partial charge is 0.255 e. The van der Waals surface area contributed by atoms with Crippen LogP contribution in [0.25, 0.3) is 0 Å². The Kier molecular flexibility index (Phi) is 3.82. The van der Waals surface area contributed by atoms with Crippen LogP contribution >= 0.6 is 11.3 Å². The molecule has 1 N–H and O–H groups in total. The van der Waals surface area contributed by atoms with Gasteiger partial charge in [0.2, 0.25) is 0 Å². The molecule has 0 saturated heterocycles. The van der Waals surface area contributed by atoms with Crippen LogP contribution in [0, 0.1) is 0 Å². The maximum absolute atomic E-state index is 13.0. The van der Waals surface area contributed by atoms with Crippen molar-refractivity contribution in [2.75, 3.05) is 0 Å². The molecule has 7 heteroatoms. The van der Waals surface area contributed by atoms with Crippen molar-refractivity contribution in [1.29, 1.82) is 0 Å². The normalized spacial score (nSPS) is 18.4. The second-order valence-electron chi connectivity index (χ2n) is 6.91. The highest BCUT2D eigenvalue weighted by Crippen LogP contribution is 2.40. The Morgan fingerprint density at radius 3 is 2.81 bits per heavy atom. The number of carbonyl (C=O) groups is 2. The van der Waals surface area contributed by atoms with Crippen LogP contribution in [-0.4, -0.2) is 27.7 Å². The predicted molar refractivity (Wildman–Crippen MR) is 99.5 cm³/mol. The molecule has 0 spiro atoms. The number of hydrogen-bond donors (Lipinski definition) is 1. The third kappa shape index (κ3) is 2.94. The Morgan fingerprint density at radius 1 is 1.22 bits per heavy atom. The quantitative estimate of drug-likeness (QED) is 0.754. The lowest BCUT2D eigenvalue weighted by Crippen LogP contribution is -2.29. The number of oxazole rings is 1. The standard InChI is InChI=1S/C20H17N3O3S/c24-19(22-15-2-3-15)12-1-4-16-14(7-12)9-23(18(16)17-8-21-11-26-17)20(25)13-5-6-27-10-13/h1,4-8,10-11,15,18H,2-3,9H2,(H,22,24)/t18-/m0/s1. The predicted octanol–water partition coefficient (Wildman–Crippen LogP) is 3.37. The molecule has 27 heavy (non-hydrogen) atoms. The van der Waals surface area contributed by atoms with E-state index in [0.717, 1.165) is 24.0 Å². The molecule has 2 aromatic heterocycles. The molecule has 0 unspecified atom stereocenters. The summed E-state index contributed by atoms with van der Waals surface area (Å²) in [6, 6.07) is 7.42. The average molecular weight is 379 g/mol. The molecule has 1 fully saturated rings. The van der Waals surface area contributed by atoms with Crippen molar-refractivity contribution in [3.8, 4) is 0 Å². The lowest BCUT2D eigenvalue weighted by atomic mass is 10.0. The van der Waals surface area contributed by atoms with Crippen molar-refractivity contribution in [1.82, 2.24) is 15.2 Å². The third-order valence-corrected chi connectivity index (χ3v) is 5.70. The molecular formula is C20H17N3O3S. The van der Waals surface area contributed by atoms with E-state index in [-0.39, 0.29) is 17.9 Å². The van der Waals surface area contributed by atoms with E-state index in [1.807, 2.05) is 35.0 Å². The van der Waals surface area contributed by atoms with E-state index < -0.39 is 0 Å². The van der Waals surface area contributed by atoms with Gasteiger partial charge in [-0.25, -0.2) is 4.98 Å². The zero-order valence-corrected chi connectivity index (χ0v) is 15.2. The summed E-state index contributed by atoms with van der Waals surface area (Å²) in [4.78, 5) is 31.2. The van der Waals surface area contributed by atoms with Crippen molar-refractivity contribution in [2.24, 2.45) is 0 Å². The molecule has 6 nitrogen and oxygen atoms in total. The van der Waals surface area contributed by atoms with Crippen LogP contribution in [0.4, 0.5) is 0 Å². The van der Waals surface area contributed by atoms with Crippen LogP contribution in [0.1, 0.15) is 56.5 Å². The van der Waals surface area contributed by atoms with E-state index in [1.165, 1.54) is 17.7 Å². The fourth-order valence-corrected chi connectivity index (χ4v) is 4.13. The lowest BCUT2D eigenvalue weighted by Gasteiger charge is -2.23. The Labute approximate surface area is 159 Å². The van der Waals surface area contributed by atoms with E-state index in [1.54, 1.807) is 11.1 Å². The number of rotatable bonds is 4. The molecule has 136 valence electrons. The first-order valence-electron chi connectivity index (χ1n) is 8.86. The molecule has 2 aliphatic rings. The number of amides is 2. The summed E-state index contributed by atoms with van der Waals surface area (Å²) < 4.78 is 5.53. The van der Waals surface area contributed by atoms with E-state index in [4.69, 9.17) is 4.42 Å². The van der Waals surface area contributed by atoms with Crippen molar-refractivity contribution >= 4 is 23.2 Å². The highest BCUT2D eigenvalue weighted by molar-refractivity contribution is 7.08. The van der Waals surface area contributed by atoms with Crippen LogP contribution in [0.5, 0.6) is 0 Å². The number of nitrogens with zero attached hydrogens (tertiary/aromatic N) is 2. The van der Waals surface area contributed by atoms with Gasteiger partial charge in [-0.05, 0) is 47.5 Å². The first kappa shape index (κ1) is 16.3. The van der Waals surface area contributed by atoms with Gasteiger partial charge in [0.1, 0.15) is 6.04 Å². The van der Waals surface area contributed by atoms with Crippen molar-refractivity contribution < 1.29 is 14.0 Å². The number of thiophene rings is 1. The first-order chi connectivity index (χ1) is 13.2. The maximum Gasteiger partial charge on any atom is 0.255 e. The van der Waals surface area contributed by atoms with Crippen LogP contribution < -0.4 is 5.32 Å². The zero-order valence-electron chi connectivity index (χ0n) is 14.4. The van der Waals surface area contributed by atoms with Crippen LogP contribution in [0.3, 0.4) is 0 Å². The molecule has 1 aliphatic carbocycles. The molecular weight excluding hydrogens is 362 g/mol. The highest BCUT2D eigenvalue weighted by atomic mass is 32.1. The Bertz CT molecular complexity index is 994. The van der Waals surface area contributed by atoms with E-state index in [9.17, 15) is 9.59 Å². The van der Waals surface area contributed by atoms with Crippen molar-refractivity contribution in [3.05, 3.63) is 75.6 Å². The number of benzene rings is 1. The summed E-state index contributed by atoms with van der Waals surface area (Å²) in [6.07, 6.45) is 5.11. The summed E-state index contributed by atoms with van der Waals surface area (Å²) in [7, 11) is 0. The van der Waals surface area contributed by atoms with Crippen LogP contribution in [0.2, 0.25) is 0 Å². The molecule has 3 heterocycles. The molecule has 2 amide bonds. The Balaban J connectivity index is 1.51. The summed E-state index contributed by atoms with van der Waals surface area (Å²) in [5.74, 6) is 0.504. The minimum Gasteiger partial charge on any atom is -0.446 e. The largest absolute Gasteiger partial charge is 0.446 e. The van der Waals surface area contributed by atoms with Gasteiger partial charge in [-0.3, -0.25) is 9.59 Å². The van der Waals surface area contributed by atoms with E-state index in [0.29, 0.717) is 29.5 Å². The SMILES string of the molecule is O=C(NC1CC1)c1ccc2c(c1)CN(C(=O)c1ccsc1)[C@@H]2c1cnco1. The fraction of sp³-hybridized carbons (Fsp3) is 0.250. The van der Waals surface area contributed by atoms with Crippen molar-refractivity contribution in [2.45, 2.75) is 31.5 Å². The molecule has 3 aromatic rings. The molecule has 1 atom stereocenters. The lowest BCUT2D eigenvalue weighted by molar-refractivity contribution is 0.0704. The van der Waals surface area contributed by atoms with Gasteiger partial charge in [0, 0.05) is 23.5 Å². The highest BCUT2D eigenvalue weighted by Gasteiger charge is 2.37. The summed E-state index contributed by atoms with van der Waals surface area (Å²) in [6.45, 7) is 0.430. The monoisotopic (exact) mass is 379 g/mol. The molecule has 1 saturated carbocycles. The number of fused-ring (bicyclic) bond motifs is 1. The molecule has 1 aliphatic heterocycles. The van der Waals surface area contributed by atoms with E-state index >= 15 is 0 Å². The second-order valence-corrected chi connectivity index (χ2v) is 7.69. The van der Waals surface area contributed by atoms with Gasteiger partial charge in [-0.2, -0.15) is 11.3 Å². The van der Waals surface area contributed by atoms with Gasteiger partial charge in [-0.15, -0.1) is 0 Å². The van der Waals surface area contributed by atoms with Crippen LogP contribution in [0.15, 0.2) is 52.0 Å². The average Bonchev–Trinajstić information content (AvgIpc) is 3.14.